The van der Waals surface area contributed by atoms with Gasteiger partial charge >= 0.3 is 0 Å². The highest BCUT2D eigenvalue weighted by Crippen LogP contribution is 2.39. The summed E-state index contributed by atoms with van der Waals surface area (Å²) in [6.07, 6.45) is 5.70. The number of nitrogens with two attached hydrogens (primary N) is 1. The van der Waals surface area contributed by atoms with Crippen molar-refractivity contribution in [3.8, 4) is 16.9 Å². The Kier molecular flexibility index (Phi) is 5.02. The number of hydrogen-bond acceptors (Lipinski definition) is 7. The first-order valence-corrected chi connectivity index (χ1v) is 12.4. The van der Waals surface area contributed by atoms with E-state index in [9.17, 15) is 9.59 Å². The first-order chi connectivity index (χ1) is 18.9. The Labute approximate surface area is 221 Å². The zero-order chi connectivity index (χ0) is 26.8. The summed E-state index contributed by atoms with van der Waals surface area (Å²) in [6.45, 7) is 0.401. The summed E-state index contributed by atoms with van der Waals surface area (Å²) in [5.41, 5.74) is 10.8. The van der Waals surface area contributed by atoms with Crippen LogP contribution >= 0.6 is 0 Å². The van der Waals surface area contributed by atoms with E-state index in [4.69, 9.17) is 10.5 Å². The minimum atomic E-state index is -0.676. The largest absolute Gasteiger partial charge is 0.493 e. The molecule has 11 heteroatoms. The van der Waals surface area contributed by atoms with Gasteiger partial charge in [0.2, 0.25) is 5.91 Å². The number of pyridine rings is 1. The van der Waals surface area contributed by atoms with Crippen molar-refractivity contribution in [1.82, 2.24) is 24.3 Å². The number of amides is 2. The van der Waals surface area contributed by atoms with E-state index in [0.717, 1.165) is 22.3 Å². The van der Waals surface area contributed by atoms with Gasteiger partial charge in [0.05, 0.1) is 48.2 Å². The molecule has 10 nitrogen and oxygen atoms in total. The maximum absolute atomic E-state index is 15.2. The van der Waals surface area contributed by atoms with E-state index in [2.05, 4.69) is 20.3 Å². The first kappa shape index (κ1) is 23.1. The highest BCUT2D eigenvalue weighted by atomic mass is 19.1. The van der Waals surface area contributed by atoms with E-state index in [1.54, 1.807) is 35.1 Å². The minimum absolute atomic E-state index is 0.0661. The molecule has 2 aliphatic heterocycles. The lowest BCUT2D eigenvalue weighted by Gasteiger charge is -2.33. The normalized spacial score (nSPS) is 16.1. The van der Waals surface area contributed by atoms with Crippen molar-refractivity contribution in [2.24, 2.45) is 0 Å². The Hall–Kier alpha value is -5.06. The molecule has 2 aromatic carbocycles. The topological polar surface area (TPSA) is 128 Å². The molecule has 2 amide bonds. The predicted octanol–water partition coefficient (Wildman–Crippen LogP) is 3.76. The Morgan fingerprint density at radius 1 is 1.18 bits per heavy atom. The summed E-state index contributed by atoms with van der Waals surface area (Å²) in [7, 11) is 1.67. The third-order valence-corrected chi connectivity index (χ3v) is 7.41. The van der Waals surface area contributed by atoms with Gasteiger partial charge in [0.25, 0.3) is 5.91 Å². The second-order valence-corrected chi connectivity index (χ2v) is 9.74. The molecule has 0 saturated carbocycles. The number of nitrogens with one attached hydrogen (secondary N) is 1. The summed E-state index contributed by atoms with van der Waals surface area (Å²) < 4.78 is 22.9. The van der Waals surface area contributed by atoms with Crippen LogP contribution in [0.1, 0.15) is 33.9 Å². The molecule has 0 radical (unpaired) electrons. The molecule has 2 aliphatic rings. The average Bonchev–Trinajstić information content (AvgIpc) is 3.57. The van der Waals surface area contributed by atoms with Gasteiger partial charge < -0.3 is 20.7 Å². The second-order valence-electron chi connectivity index (χ2n) is 9.74. The Morgan fingerprint density at radius 2 is 2.05 bits per heavy atom. The number of imidazole rings is 1. The maximum atomic E-state index is 15.2. The number of aromatic nitrogens is 4. The summed E-state index contributed by atoms with van der Waals surface area (Å²) in [6, 6.07) is 10.1. The molecule has 0 saturated heterocycles. The Morgan fingerprint density at radius 3 is 2.92 bits per heavy atom. The van der Waals surface area contributed by atoms with Gasteiger partial charge in [-0.15, -0.1) is 0 Å². The van der Waals surface area contributed by atoms with Crippen LogP contribution < -0.4 is 15.8 Å². The zero-order valence-corrected chi connectivity index (χ0v) is 20.8. The number of carbonyl (C=O) groups is 2. The average molecular weight is 524 g/mol. The van der Waals surface area contributed by atoms with Crippen molar-refractivity contribution in [3.05, 3.63) is 77.6 Å². The van der Waals surface area contributed by atoms with Crippen molar-refractivity contribution in [3.63, 3.8) is 0 Å². The molecule has 194 valence electrons. The van der Waals surface area contributed by atoms with Crippen LogP contribution in [-0.2, 0) is 11.2 Å². The van der Waals surface area contributed by atoms with Gasteiger partial charge in [-0.05, 0) is 23.8 Å². The number of nitrogens with zero attached hydrogens (tertiary/aromatic N) is 5. The number of nitrogen functional groups attached to an aromatic ring is 1. The highest BCUT2D eigenvalue weighted by Gasteiger charge is 2.30. The molecule has 5 heterocycles. The van der Waals surface area contributed by atoms with Gasteiger partial charge in [-0.3, -0.25) is 14.0 Å². The fourth-order valence-electron chi connectivity index (χ4n) is 5.41. The molecule has 5 aromatic rings. The van der Waals surface area contributed by atoms with E-state index >= 15 is 4.39 Å². The van der Waals surface area contributed by atoms with E-state index in [-0.39, 0.29) is 23.3 Å². The van der Waals surface area contributed by atoms with Crippen LogP contribution in [-0.4, -0.2) is 49.7 Å². The summed E-state index contributed by atoms with van der Waals surface area (Å²) >= 11 is 0. The van der Waals surface area contributed by atoms with Crippen LogP contribution in [0.4, 0.5) is 16.0 Å². The summed E-state index contributed by atoms with van der Waals surface area (Å²) in [4.78, 5) is 39.6. The van der Waals surface area contributed by atoms with Crippen molar-refractivity contribution in [1.29, 1.82) is 0 Å². The molecular formula is C28H22FN7O3. The lowest BCUT2D eigenvalue weighted by molar-refractivity contribution is -0.115. The van der Waals surface area contributed by atoms with E-state index < -0.39 is 11.7 Å². The molecule has 0 unspecified atom stereocenters. The third-order valence-electron chi connectivity index (χ3n) is 7.41. The fourth-order valence-corrected chi connectivity index (χ4v) is 5.41. The summed E-state index contributed by atoms with van der Waals surface area (Å²) in [5, 5.41) is 2.74. The molecule has 3 N–H and O–H groups in total. The number of halogens is 1. The minimum Gasteiger partial charge on any atom is -0.493 e. The van der Waals surface area contributed by atoms with Crippen LogP contribution in [0.15, 0.2) is 55.1 Å². The van der Waals surface area contributed by atoms with Crippen molar-refractivity contribution < 1.29 is 18.7 Å². The lowest BCUT2D eigenvalue weighted by atomic mass is 9.95. The van der Waals surface area contributed by atoms with Crippen molar-refractivity contribution in [2.75, 3.05) is 24.7 Å². The predicted molar refractivity (Wildman–Crippen MR) is 142 cm³/mol. The van der Waals surface area contributed by atoms with Crippen LogP contribution in [0.2, 0.25) is 0 Å². The standard InChI is InChI=1S/C28H22FN7O3/c1-35(28(38)18-9-22-20(10-19(18)29)33-26(30)23-12-31-13-36(22)23)21-4-5-39-24-7-14(2-3-17(21)24)16-6-15-8-25(37)34-27(15)32-11-16/h2-3,6-7,9-13,21H,4-5,8H2,1H3,(H2,30,33)(H,32,34,37)/t21-/m0/s1. The van der Waals surface area contributed by atoms with Crippen LogP contribution in [0.5, 0.6) is 5.75 Å². The van der Waals surface area contributed by atoms with E-state index in [0.29, 0.717) is 47.6 Å². The third kappa shape index (κ3) is 3.65. The number of anilines is 2. The number of hydrogen-bond donors (Lipinski definition) is 2. The Balaban J connectivity index is 1.22. The molecule has 39 heavy (non-hydrogen) atoms. The van der Waals surface area contributed by atoms with Crippen LogP contribution in [0.25, 0.3) is 27.7 Å². The quantitative estimate of drug-likeness (QED) is 0.369. The van der Waals surface area contributed by atoms with Crippen LogP contribution in [0.3, 0.4) is 0 Å². The number of carbonyl (C=O) groups excluding carboxylic acids is 2. The molecule has 0 bridgehead atoms. The Bertz CT molecular complexity index is 1850. The molecule has 7 rings (SSSR count). The number of benzene rings is 2. The molecule has 3 aromatic heterocycles. The van der Waals surface area contributed by atoms with Gasteiger partial charge in [-0.2, -0.15) is 0 Å². The smallest absolute Gasteiger partial charge is 0.257 e. The highest BCUT2D eigenvalue weighted by molar-refractivity contribution is 5.99. The number of ether oxygens (including phenoxy) is 1. The molecule has 0 fully saturated rings. The monoisotopic (exact) mass is 523 g/mol. The molecular weight excluding hydrogens is 501 g/mol. The second kappa shape index (κ2) is 8.48. The first-order valence-electron chi connectivity index (χ1n) is 12.4. The van der Waals surface area contributed by atoms with Gasteiger partial charge in [-0.1, -0.05) is 12.1 Å². The van der Waals surface area contributed by atoms with E-state index in [1.165, 1.54) is 12.1 Å². The molecule has 0 aliphatic carbocycles. The zero-order valence-electron chi connectivity index (χ0n) is 20.8. The van der Waals surface area contributed by atoms with Crippen molar-refractivity contribution >= 4 is 40.0 Å². The lowest BCUT2D eigenvalue weighted by Crippen LogP contribution is -2.34. The summed E-state index contributed by atoms with van der Waals surface area (Å²) in [5.74, 6) is 0.266. The van der Waals surface area contributed by atoms with Gasteiger partial charge in [0, 0.05) is 42.4 Å². The number of rotatable bonds is 3. The molecule has 1 atom stereocenters. The van der Waals surface area contributed by atoms with E-state index in [1.807, 2.05) is 24.3 Å². The number of fused-ring (bicyclic) bond motifs is 5. The van der Waals surface area contributed by atoms with Gasteiger partial charge in [0.1, 0.15) is 28.7 Å². The molecule has 0 spiro atoms. The fraction of sp³-hybridized carbons (Fsp3) is 0.179. The SMILES string of the molecule is CN(C(=O)c1cc2c(cc1F)nc(N)c1cncn12)[C@H]1CCOc2cc(-c3cnc4c(c3)CC(=O)N4)ccc21. The maximum Gasteiger partial charge on any atom is 0.257 e. The van der Waals surface area contributed by atoms with Gasteiger partial charge in [-0.25, -0.2) is 19.3 Å². The van der Waals surface area contributed by atoms with Gasteiger partial charge in [0.15, 0.2) is 0 Å². The van der Waals surface area contributed by atoms with Crippen molar-refractivity contribution in [2.45, 2.75) is 18.9 Å². The van der Waals surface area contributed by atoms with Crippen LogP contribution in [0, 0.1) is 5.82 Å².